The van der Waals surface area contributed by atoms with Crippen molar-refractivity contribution in [2.45, 2.75) is 24.9 Å². The average Bonchev–Trinajstić information content (AvgIpc) is 2.27. The second kappa shape index (κ2) is 6.60. The van der Waals surface area contributed by atoms with Crippen molar-refractivity contribution in [1.82, 2.24) is 4.90 Å². The lowest BCUT2D eigenvalue weighted by Crippen LogP contribution is -2.53. The predicted molar refractivity (Wildman–Crippen MR) is 65.3 cm³/mol. The lowest BCUT2D eigenvalue weighted by molar-refractivity contribution is -0.144. The molecule has 0 radical (unpaired) electrons. The van der Waals surface area contributed by atoms with Crippen LogP contribution in [0, 0.1) is 0 Å². The number of carbonyl (C=O) groups is 3. The van der Waals surface area contributed by atoms with Gasteiger partial charge < -0.3 is 20.8 Å². The maximum absolute atomic E-state index is 12.0. The standard InChI is InChI=1S/C10H16N2O5S/c11-7(4-9(15)16)10(17)12-1-2-18-5-6(12)3-8(13)14/h6-7H,1-5,11H2,(H,13,14)(H,15,16). The van der Waals surface area contributed by atoms with Gasteiger partial charge in [0.1, 0.15) is 0 Å². The van der Waals surface area contributed by atoms with Crippen LogP contribution in [0.1, 0.15) is 12.8 Å². The summed E-state index contributed by atoms with van der Waals surface area (Å²) in [4.78, 5) is 34.6. The molecule has 18 heavy (non-hydrogen) atoms. The van der Waals surface area contributed by atoms with Gasteiger partial charge in [-0.25, -0.2) is 0 Å². The molecule has 0 aromatic rings. The van der Waals surface area contributed by atoms with Crippen LogP contribution in [-0.2, 0) is 14.4 Å². The Bertz CT molecular complexity index is 349. The van der Waals surface area contributed by atoms with Crippen molar-refractivity contribution in [3.8, 4) is 0 Å². The summed E-state index contributed by atoms with van der Waals surface area (Å²) < 4.78 is 0. The first kappa shape index (κ1) is 14.8. The van der Waals surface area contributed by atoms with Crippen molar-refractivity contribution in [2.24, 2.45) is 5.73 Å². The van der Waals surface area contributed by atoms with Crippen LogP contribution in [0.3, 0.4) is 0 Å². The zero-order valence-electron chi connectivity index (χ0n) is 9.74. The van der Waals surface area contributed by atoms with E-state index in [4.69, 9.17) is 15.9 Å². The van der Waals surface area contributed by atoms with Gasteiger partial charge in [-0.3, -0.25) is 14.4 Å². The molecule has 0 aromatic heterocycles. The first-order chi connectivity index (χ1) is 8.41. The van der Waals surface area contributed by atoms with Crippen LogP contribution in [0.15, 0.2) is 0 Å². The Hall–Kier alpha value is -1.28. The molecule has 1 heterocycles. The Morgan fingerprint density at radius 2 is 2.00 bits per heavy atom. The molecule has 1 fully saturated rings. The van der Waals surface area contributed by atoms with E-state index >= 15 is 0 Å². The van der Waals surface area contributed by atoms with E-state index in [2.05, 4.69) is 0 Å². The van der Waals surface area contributed by atoms with Crippen LogP contribution < -0.4 is 5.73 Å². The van der Waals surface area contributed by atoms with E-state index in [-0.39, 0.29) is 6.42 Å². The summed E-state index contributed by atoms with van der Waals surface area (Å²) in [5, 5.41) is 17.4. The second-order valence-electron chi connectivity index (χ2n) is 4.06. The highest BCUT2D eigenvalue weighted by Crippen LogP contribution is 2.20. The summed E-state index contributed by atoms with van der Waals surface area (Å²) in [6, 6.07) is -1.52. The third-order valence-corrected chi connectivity index (χ3v) is 3.72. The van der Waals surface area contributed by atoms with Gasteiger partial charge in [0.25, 0.3) is 0 Å². The van der Waals surface area contributed by atoms with Crippen LogP contribution in [0.5, 0.6) is 0 Å². The Morgan fingerprint density at radius 1 is 1.33 bits per heavy atom. The zero-order chi connectivity index (χ0) is 13.7. The van der Waals surface area contributed by atoms with E-state index in [1.54, 1.807) is 11.8 Å². The molecule has 0 spiro atoms. The van der Waals surface area contributed by atoms with Crippen LogP contribution in [0.25, 0.3) is 0 Å². The molecule has 2 unspecified atom stereocenters. The highest BCUT2D eigenvalue weighted by Gasteiger charge is 2.32. The summed E-state index contributed by atoms with van der Waals surface area (Å²) in [6.07, 6.45) is -0.583. The second-order valence-corrected chi connectivity index (χ2v) is 5.21. The molecule has 7 nitrogen and oxygen atoms in total. The Morgan fingerprint density at radius 3 is 2.56 bits per heavy atom. The molecule has 0 bridgehead atoms. The molecule has 1 rings (SSSR count). The molecule has 4 N–H and O–H groups in total. The topological polar surface area (TPSA) is 121 Å². The van der Waals surface area contributed by atoms with Crippen molar-refractivity contribution < 1.29 is 24.6 Å². The molecule has 0 aromatic carbocycles. The molecular weight excluding hydrogens is 260 g/mol. The monoisotopic (exact) mass is 276 g/mol. The normalized spacial score (nSPS) is 21.4. The Labute approximate surface area is 108 Å². The largest absolute Gasteiger partial charge is 0.481 e. The zero-order valence-corrected chi connectivity index (χ0v) is 10.6. The summed E-state index contributed by atoms with van der Waals surface area (Å²) >= 11 is 1.58. The minimum atomic E-state index is -1.14. The van der Waals surface area contributed by atoms with Crippen LogP contribution in [0.4, 0.5) is 0 Å². The number of rotatable bonds is 5. The van der Waals surface area contributed by atoms with Gasteiger partial charge in [0, 0.05) is 18.1 Å². The fraction of sp³-hybridized carbons (Fsp3) is 0.700. The van der Waals surface area contributed by atoms with E-state index < -0.39 is 36.4 Å². The number of nitrogens with zero attached hydrogens (tertiary/aromatic N) is 1. The number of amides is 1. The van der Waals surface area contributed by atoms with Gasteiger partial charge in [0.05, 0.1) is 24.9 Å². The van der Waals surface area contributed by atoms with Crippen molar-refractivity contribution in [3.63, 3.8) is 0 Å². The van der Waals surface area contributed by atoms with Crippen molar-refractivity contribution in [2.75, 3.05) is 18.1 Å². The van der Waals surface area contributed by atoms with Gasteiger partial charge in [-0.15, -0.1) is 0 Å². The number of hydrogen-bond acceptors (Lipinski definition) is 5. The van der Waals surface area contributed by atoms with Crippen LogP contribution in [-0.4, -0.2) is 63.1 Å². The molecular formula is C10H16N2O5S. The maximum atomic E-state index is 12.0. The van der Waals surface area contributed by atoms with E-state index in [0.29, 0.717) is 18.1 Å². The van der Waals surface area contributed by atoms with Crippen molar-refractivity contribution in [1.29, 1.82) is 0 Å². The number of thioether (sulfide) groups is 1. The molecule has 102 valence electrons. The summed E-state index contributed by atoms with van der Waals surface area (Å²) in [6.45, 7) is 0.411. The maximum Gasteiger partial charge on any atom is 0.305 e. The Kier molecular flexibility index (Phi) is 5.42. The molecule has 8 heteroatoms. The van der Waals surface area contributed by atoms with E-state index in [0.717, 1.165) is 0 Å². The van der Waals surface area contributed by atoms with Gasteiger partial charge in [0.2, 0.25) is 5.91 Å². The highest BCUT2D eigenvalue weighted by atomic mass is 32.2. The fourth-order valence-electron chi connectivity index (χ4n) is 1.80. The Balaban J connectivity index is 2.67. The van der Waals surface area contributed by atoms with Gasteiger partial charge in [0.15, 0.2) is 0 Å². The molecule has 0 aliphatic carbocycles. The van der Waals surface area contributed by atoms with E-state index in [1.165, 1.54) is 4.90 Å². The average molecular weight is 276 g/mol. The summed E-state index contributed by atoms with van der Waals surface area (Å²) in [5.74, 6) is -1.35. The molecule has 1 aliphatic rings. The number of carboxylic acid groups (broad SMARTS) is 2. The predicted octanol–water partition coefficient (Wildman–Crippen LogP) is -0.793. The van der Waals surface area contributed by atoms with Gasteiger partial charge >= 0.3 is 11.9 Å². The number of nitrogens with two attached hydrogens (primary N) is 1. The van der Waals surface area contributed by atoms with Gasteiger partial charge in [-0.1, -0.05) is 0 Å². The van der Waals surface area contributed by atoms with Crippen molar-refractivity contribution in [3.05, 3.63) is 0 Å². The molecule has 1 saturated heterocycles. The van der Waals surface area contributed by atoms with Crippen LogP contribution in [0.2, 0.25) is 0 Å². The van der Waals surface area contributed by atoms with Crippen LogP contribution >= 0.6 is 11.8 Å². The number of carbonyl (C=O) groups excluding carboxylic acids is 1. The third kappa shape index (κ3) is 4.19. The third-order valence-electron chi connectivity index (χ3n) is 2.63. The highest BCUT2D eigenvalue weighted by molar-refractivity contribution is 7.99. The summed E-state index contributed by atoms with van der Waals surface area (Å²) in [7, 11) is 0. The first-order valence-electron chi connectivity index (χ1n) is 5.49. The lowest BCUT2D eigenvalue weighted by atomic mass is 10.1. The minimum Gasteiger partial charge on any atom is -0.481 e. The van der Waals surface area contributed by atoms with E-state index in [1.807, 2.05) is 0 Å². The number of hydrogen-bond donors (Lipinski definition) is 3. The fourth-order valence-corrected chi connectivity index (χ4v) is 2.87. The molecule has 2 atom stereocenters. The molecule has 0 saturated carbocycles. The number of aliphatic carboxylic acids is 2. The lowest BCUT2D eigenvalue weighted by Gasteiger charge is -2.36. The smallest absolute Gasteiger partial charge is 0.305 e. The SMILES string of the molecule is NC(CC(=O)O)C(=O)N1CCSCC1CC(=O)O. The summed E-state index contributed by atoms with van der Waals surface area (Å²) in [5.41, 5.74) is 5.52. The van der Waals surface area contributed by atoms with E-state index in [9.17, 15) is 14.4 Å². The molecule has 1 amide bonds. The van der Waals surface area contributed by atoms with Gasteiger partial charge in [-0.05, 0) is 0 Å². The van der Waals surface area contributed by atoms with Crippen molar-refractivity contribution >= 4 is 29.6 Å². The van der Waals surface area contributed by atoms with Gasteiger partial charge in [-0.2, -0.15) is 11.8 Å². The minimum absolute atomic E-state index is 0.140. The molecule has 1 aliphatic heterocycles. The number of carboxylic acids is 2. The first-order valence-corrected chi connectivity index (χ1v) is 6.64. The quantitative estimate of drug-likeness (QED) is 0.601.